The highest BCUT2D eigenvalue weighted by Gasteiger charge is 1.98. The van der Waals surface area contributed by atoms with Gasteiger partial charge in [0.2, 0.25) is 0 Å². The average Bonchev–Trinajstić information content (AvgIpc) is 2.56. The molecule has 60 valence electrons. The van der Waals surface area contributed by atoms with Gasteiger partial charge < -0.3 is 0 Å². The molecule has 3 heteroatoms. The molecular formula is C9H6BrNS. The standard InChI is InChI=1S/C9H6BrNS/c10-8-3-1-2-7(6-8)9-4-5-11-12-9/h1-6H. The maximum absolute atomic E-state index is 4.05. The van der Waals surface area contributed by atoms with Gasteiger partial charge in [-0.25, -0.2) is 4.37 Å². The minimum absolute atomic E-state index is 1.11. The van der Waals surface area contributed by atoms with E-state index >= 15 is 0 Å². The highest BCUT2D eigenvalue weighted by molar-refractivity contribution is 9.10. The number of benzene rings is 1. The summed E-state index contributed by atoms with van der Waals surface area (Å²) >= 11 is 4.95. The zero-order valence-corrected chi connectivity index (χ0v) is 8.60. The number of hydrogen-bond donors (Lipinski definition) is 0. The minimum atomic E-state index is 1.11. The fourth-order valence-corrected chi connectivity index (χ4v) is 2.00. The summed E-state index contributed by atoms with van der Waals surface area (Å²) in [6, 6.07) is 10.2. The van der Waals surface area contributed by atoms with Gasteiger partial charge in [-0.3, -0.25) is 0 Å². The molecule has 0 saturated heterocycles. The van der Waals surface area contributed by atoms with E-state index in [1.807, 2.05) is 24.4 Å². The van der Waals surface area contributed by atoms with Crippen LogP contribution in [0, 0.1) is 0 Å². The van der Waals surface area contributed by atoms with Gasteiger partial charge >= 0.3 is 0 Å². The van der Waals surface area contributed by atoms with E-state index in [4.69, 9.17) is 0 Å². The molecule has 0 aliphatic heterocycles. The van der Waals surface area contributed by atoms with E-state index < -0.39 is 0 Å². The first-order valence-corrected chi connectivity index (χ1v) is 5.09. The van der Waals surface area contributed by atoms with Gasteiger partial charge in [0.15, 0.2) is 0 Å². The van der Waals surface area contributed by atoms with Crippen molar-refractivity contribution >= 4 is 27.5 Å². The predicted octanol–water partition coefficient (Wildman–Crippen LogP) is 3.57. The van der Waals surface area contributed by atoms with Crippen LogP contribution in [0.25, 0.3) is 10.4 Å². The van der Waals surface area contributed by atoms with E-state index in [0.29, 0.717) is 0 Å². The van der Waals surface area contributed by atoms with Gasteiger partial charge in [-0.05, 0) is 35.3 Å². The third-order valence-corrected chi connectivity index (χ3v) is 2.84. The molecule has 0 bridgehead atoms. The van der Waals surface area contributed by atoms with E-state index in [1.54, 1.807) is 0 Å². The predicted molar refractivity (Wildman–Crippen MR) is 55.3 cm³/mol. The molecule has 0 aliphatic carbocycles. The Morgan fingerprint density at radius 3 is 2.83 bits per heavy atom. The van der Waals surface area contributed by atoms with E-state index in [2.05, 4.69) is 32.4 Å². The SMILES string of the molecule is Brc1cccc(-c2ccns2)c1. The summed E-state index contributed by atoms with van der Waals surface area (Å²) < 4.78 is 5.16. The van der Waals surface area contributed by atoms with Crippen molar-refractivity contribution in [3.63, 3.8) is 0 Å². The molecule has 0 atom stereocenters. The smallest absolute Gasteiger partial charge is 0.0550 e. The average molecular weight is 240 g/mol. The highest BCUT2D eigenvalue weighted by atomic mass is 79.9. The third kappa shape index (κ3) is 1.57. The van der Waals surface area contributed by atoms with Crippen LogP contribution in [0.15, 0.2) is 41.0 Å². The van der Waals surface area contributed by atoms with Crippen LogP contribution in [0.5, 0.6) is 0 Å². The molecule has 0 unspecified atom stereocenters. The quantitative estimate of drug-likeness (QED) is 0.742. The van der Waals surface area contributed by atoms with E-state index in [1.165, 1.54) is 22.0 Å². The Hall–Kier alpha value is -0.670. The Kier molecular flexibility index (Phi) is 2.23. The maximum Gasteiger partial charge on any atom is 0.0550 e. The van der Waals surface area contributed by atoms with Crippen LogP contribution >= 0.6 is 27.5 Å². The number of rotatable bonds is 1. The second-order valence-electron chi connectivity index (χ2n) is 2.39. The van der Waals surface area contributed by atoms with Crippen molar-refractivity contribution in [2.75, 3.05) is 0 Å². The monoisotopic (exact) mass is 239 g/mol. The van der Waals surface area contributed by atoms with Crippen molar-refractivity contribution in [2.24, 2.45) is 0 Å². The van der Waals surface area contributed by atoms with Crippen molar-refractivity contribution in [2.45, 2.75) is 0 Å². The molecule has 12 heavy (non-hydrogen) atoms. The van der Waals surface area contributed by atoms with Gasteiger partial charge in [0, 0.05) is 10.7 Å². The lowest BCUT2D eigenvalue weighted by molar-refractivity contribution is 1.58. The van der Waals surface area contributed by atoms with Crippen LogP contribution < -0.4 is 0 Å². The van der Waals surface area contributed by atoms with Crippen LogP contribution in [0.3, 0.4) is 0 Å². The fourth-order valence-electron chi connectivity index (χ4n) is 1.01. The van der Waals surface area contributed by atoms with E-state index in [9.17, 15) is 0 Å². The summed E-state index contributed by atoms with van der Waals surface area (Å²) in [7, 11) is 0. The second-order valence-corrected chi connectivity index (χ2v) is 4.14. The third-order valence-electron chi connectivity index (χ3n) is 1.55. The maximum atomic E-state index is 4.05. The van der Waals surface area contributed by atoms with Crippen LogP contribution in [0.2, 0.25) is 0 Å². The topological polar surface area (TPSA) is 12.9 Å². The Morgan fingerprint density at radius 1 is 1.25 bits per heavy atom. The van der Waals surface area contributed by atoms with Gasteiger partial charge in [0.1, 0.15) is 0 Å². The molecule has 0 spiro atoms. The number of hydrogen-bond acceptors (Lipinski definition) is 2. The highest BCUT2D eigenvalue weighted by Crippen LogP contribution is 2.25. The van der Waals surface area contributed by atoms with Crippen LogP contribution in [-0.2, 0) is 0 Å². The van der Waals surface area contributed by atoms with Crippen molar-refractivity contribution in [3.8, 4) is 10.4 Å². The van der Waals surface area contributed by atoms with E-state index in [0.717, 1.165) is 4.47 Å². The summed E-state index contributed by atoms with van der Waals surface area (Å²) in [5.41, 5.74) is 1.21. The first-order valence-electron chi connectivity index (χ1n) is 3.53. The molecular weight excluding hydrogens is 234 g/mol. The number of halogens is 1. The Bertz CT molecular complexity index is 370. The molecule has 0 amide bonds. The van der Waals surface area contributed by atoms with Gasteiger partial charge in [0.25, 0.3) is 0 Å². The van der Waals surface area contributed by atoms with Gasteiger partial charge in [-0.1, -0.05) is 28.1 Å². The fraction of sp³-hybridized carbons (Fsp3) is 0. The first kappa shape index (κ1) is 7.95. The van der Waals surface area contributed by atoms with Crippen molar-refractivity contribution in [1.82, 2.24) is 4.37 Å². The molecule has 0 radical (unpaired) electrons. The lowest BCUT2D eigenvalue weighted by Gasteiger charge is -1.95. The summed E-state index contributed by atoms with van der Waals surface area (Å²) in [5, 5.41) is 0. The van der Waals surface area contributed by atoms with E-state index in [-0.39, 0.29) is 0 Å². The van der Waals surface area contributed by atoms with Crippen LogP contribution in [0.4, 0.5) is 0 Å². The van der Waals surface area contributed by atoms with Gasteiger partial charge in [0.05, 0.1) is 4.88 Å². The largest absolute Gasteiger partial charge is 0.201 e. The van der Waals surface area contributed by atoms with Crippen LogP contribution in [0.1, 0.15) is 0 Å². The second kappa shape index (κ2) is 3.37. The summed E-state index contributed by atoms with van der Waals surface area (Å²) in [6.45, 7) is 0. The summed E-state index contributed by atoms with van der Waals surface area (Å²) in [5.74, 6) is 0. The molecule has 0 saturated carbocycles. The Labute approximate surface area is 83.4 Å². The molecule has 1 aromatic carbocycles. The summed E-state index contributed by atoms with van der Waals surface area (Å²) in [4.78, 5) is 1.20. The van der Waals surface area contributed by atoms with Gasteiger partial charge in [-0.15, -0.1) is 0 Å². The molecule has 2 aromatic rings. The molecule has 1 aromatic heterocycles. The lowest BCUT2D eigenvalue weighted by atomic mass is 10.2. The first-order chi connectivity index (χ1) is 5.86. The molecule has 0 N–H and O–H groups in total. The molecule has 0 fully saturated rings. The number of aromatic nitrogens is 1. The van der Waals surface area contributed by atoms with Crippen molar-refractivity contribution in [1.29, 1.82) is 0 Å². The lowest BCUT2D eigenvalue weighted by Crippen LogP contribution is -1.70. The summed E-state index contributed by atoms with van der Waals surface area (Å²) in [6.07, 6.45) is 1.82. The zero-order valence-electron chi connectivity index (χ0n) is 6.20. The molecule has 1 nitrogen and oxygen atoms in total. The zero-order chi connectivity index (χ0) is 8.39. The van der Waals surface area contributed by atoms with Gasteiger partial charge in [-0.2, -0.15) is 0 Å². The molecule has 0 aliphatic rings. The Morgan fingerprint density at radius 2 is 2.17 bits per heavy atom. The van der Waals surface area contributed by atoms with Crippen molar-refractivity contribution in [3.05, 3.63) is 41.0 Å². The Balaban J connectivity index is 2.48. The number of nitrogens with zero attached hydrogens (tertiary/aromatic N) is 1. The molecule has 1 heterocycles. The van der Waals surface area contributed by atoms with Crippen molar-refractivity contribution < 1.29 is 0 Å². The molecule has 2 rings (SSSR count). The van der Waals surface area contributed by atoms with Crippen LogP contribution in [-0.4, -0.2) is 4.37 Å². The minimum Gasteiger partial charge on any atom is -0.201 e. The normalized spacial score (nSPS) is 10.1.